The van der Waals surface area contributed by atoms with E-state index in [9.17, 15) is 0 Å². The molecule has 0 saturated carbocycles. The molecule has 3 rings (SSSR count). The summed E-state index contributed by atoms with van der Waals surface area (Å²) in [5.41, 5.74) is 2.00. The zero-order chi connectivity index (χ0) is 12.9. The van der Waals surface area contributed by atoms with E-state index < -0.39 is 0 Å². The van der Waals surface area contributed by atoms with Gasteiger partial charge >= 0.3 is 0 Å². The fraction of sp³-hybridized carbons (Fsp3) is 0.467. The van der Waals surface area contributed by atoms with Crippen molar-refractivity contribution in [1.29, 1.82) is 0 Å². The second kappa shape index (κ2) is 5.97. The van der Waals surface area contributed by atoms with Gasteiger partial charge in [0.25, 0.3) is 0 Å². The Kier molecular flexibility index (Phi) is 3.89. The molecule has 1 aromatic carbocycles. The maximum atomic E-state index is 4.22. The highest BCUT2D eigenvalue weighted by Crippen LogP contribution is 2.14. The SMILES string of the molecule is [c]1cccc(-c2cn(CCN3CCCCC3)nn2)c1. The maximum absolute atomic E-state index is 4.22. The maximum Gasteiger partial charge on any atom is 0.113 e. The summed E-state index contributed by atoms with van der Waals surface area (Å²) in [6.07, 6.45) is 6.08. The number of aromatic nitrogens is 3. The molecule has 0 aliphatic carbocycles. The second-order valence-corrected chi connectivity index (χ2v) is 5.06. The summed E-state index contributed by atoms with van der Waals surface area (Å²) in [5.74, 6) is 0. The number of hydrogen-bond acceptors (Lipinski definition) is 3. The molecule has 1 aromatic heterocycles. The van der Waals surface area contributed by atoms with Crippen molar-refractivity contribution in [2.45, 2.75) is 25.8 Å². The molecule has 1 saturated heterocycles. The summed E-state index contributed by atoms with van der Waals surface area (Å²) in [4.78, 5) is 2.52. The Hall–Kier alpha value is -1.68. The van der Waals surface area contributed by atoms with Crippen molar-refractivity contribution >= 4 is 0 Å². The lowest BCUT2D eigenvalue weighted by molar-refractivity contribution is 0.217. The highest BCUT2D eigenvalue weighted by atomic mass is 15.4. The first-order valence-corrected chi connectivity index (χ1v) is 7.01. The molecule has 0 N–H and O–H groups in total. The van der Waals surface area contributed by atoms with E-state index in [0.29, 0.717) is 0 Å². The molecule has 0 unspecified atom stereocenters. The monoisotopic (exact) mass is 255 g/mol. The molecule has 19 heavy (non-hydrogen) atoms. The van der Waals surface area contributed by atoms with Crippen LogP contribution in [-0.4, -0.2) is 39.5 Å². The lowest BCUT2D eigenvalue weighted by atomic mass is 10.1. The zero-order valence-corrected chi connectivity index (χ0v) is 11.1. The fourth-order valence-corrected chi connectivity index (χ4v) is 2.52. The van der Waals surface area contributed by atoms with Crippen LogP contribution in [0.1, 0.15) is 19.3 Å². The highest BCUT2D eigenvalue weighted by molar-refractivity contribution is 5.56. The lowest BCUT2D eigenvalue weighted by Gasteiger charge is -2.25. The van der Waals surface area contributed by atoms with Crippen LogP contribution in [-0.2, 0) is 6.54 Å². The molecule has 1 aliphatic rings. The number of rotatable bonds is 4. The molecular weight excluding hydrogens is 236 g/mol. The molecule has 1 radical (unpaired) electrons. The van der Waals surface area contributed by atoms with Gasteiger partial charge in [0.05, 0.1) is 12.7 Å². The molecule has 0 spiro atoms. The number of benzene rings is 1. The molecule has 0 amide bonds. The summed E-state index contributed by atoms with van der Waals surface area (Å²) in [6.45, 7) is 4.46. The third-order valence-corrected chi connectivity index (χ3v) is 3.64. The summed E-state index contributed by atoms with van der Waals surface area (Å²) in [6, 6.07) is 10.9. The van der Waals surface area contributed by atoms with E-state index >= 15 is 0 Å². The van der Waals surface area contributed by atoms with E-state index in [1.807, 2.05) is 35.1 Å². The number of hydrogen-bond donors (Lipinski definition) is 0. The Morgan fingerprint density at radius 2 is 2.05 bits per heavy atom. The molecular formula is C15H19N4. The van der Waals surface area contributed by atoms with Crippen molar-refractivity contribution in [3.63, 3.8) is 0 Å². The van der Waals surface area contributed by atoms with Gasteiger partial charge in [0, 0.05) is 12.1 Å². The molecule has 1 fully saturated rings. The van der Waals surface area contributed by atoms with Gasteiger partial charge < -0.3 is 4.90 Å². The third kappa shape index (κ3) is 3.20. The van der Waals surface area contributed by atoms with Gasteiger partial charge in [-0.05, 0) is 38.1 Å². The fourth-order valence-electron chi connectivity index (χ4n) is 2.52. The van der Waals surface area contributed by atoms with E-state index in [1.165, 1.54) is 32.4 Å². The molecule has 1 aliphatic heterocycles. The summed E-state index contributed by atoms with van der Waals surface area (Å²) >= 11 is 0. The minimum absolute atomic E-state index is 0.920. The van der Waals surface area contributed by atoms with Crippen LogP contribution in [0.5, 0.6) is 0 Å². The van der Waals surface area contributed by atoms with E-state index in [2.05, 4.69) is 21.3 Å². The quantitative estimate of drug-likeness (QED) is 0.840. The van der Waals surface area contributed by atoms with Crippen molar-refractivity contribution in [3.8, 4) is 11.3 Å². The first kappa shape index (κ1) is 12.4. The smallest absolute Gasteiger partial charge is 0.113 e. The average molecular weight is 255 g/mol. The summed E-state index contributed by atoms with van der Waals surface area (Å²) in [7, 11) is 0. The Bertz CT molecular complexity index is 500. The topological polar surface area (TPSA) is 34.0 Å². The average Bonchev–Trinajstić information content (AvgIpc) is 2.96. The minimum Gasteiger partial charge on any atom is -0.301 e. The van der Waals surface area contributed by atoms with Crippen molar-refractivity contribution < 1.29 is 0 Å². The van der Waals surface area contributed by atoms with Gasteiger partial charge in [-0.15, -0.1) is 5.10 Å². The van der Waals surface area contributed by atoms with E-state index in [4.69, 9.17) is 0 Å². The van der Waals surface area contributed by atoms with Crippen LogP contribution in [0.2, 0.25) is 0 Å². The lowest BCUT2D eigenvalue weighted by Crippen LogP contribution is -2.32. The zero-order valence-electron chi connectivity index (χ0n) is 11.1. The van der Waals surface area contributed by atoms with Crippen LogP contribution in [0, 0.1) is 6.07 Å². The van der Waals surface area contributed by atoms with E-state index in [1.54, 1.807) is 0 Å². The molecule has 4 nitrogen and oxygen atoms in total. The van der Waals surface area contributed by atoms with Gasteiger partial charge in [-0.2, -0.15) is 0 Å². The van der Waals surface area contributed by atoms with Gasteiger partial charge in [-0.25, -0.2) is 0 Å². The Morgan fingerprint density at radius 3 is 2.84 bits per heavy atom. The Labute approximate surface area is 114 Å². The molecule has 99 valence electrons. The van der Waals surface area contributed by atoms with Crippen molar-refractivity contribution in [1.82, 2.24) is 19.9 Å². The van der Waals surface area contributed by atoms with Gasteiger partial charge in [-0.3, -0.25) is 4.68 Å². The Balaban J connectivity index is 1.59. The van der Waals surface area contributed by atoms with Crippen LogP contribution >= 0.6 is 0 Å². The van der Waals surface area contributed by atoms with Crippen LogP contribution < -0.4 is 0 Å². The van der Waals surface area contributed by atoms with E-state index in [-0.39, 0.29) is 0 Å². The van der Waals surface area contributed by atoms with Crippen molar-refractivity contribution in [3.05, 3.63) is 36.5 Å². The van der Waals surface area contributed by atoms with Crippen molar-refractivity contribution in [2.75, 3.05) is 19.6 Å². The van der Waals surface area contributed by atoms with Crippen molar-refractivity contribution in [2.24, 2.45) is 0 Å². The van der Waals surface area contributed by atoms with Crippen LogP contribution in [0.4, 0.5) is 0 Å². The summed E-state index contributed by atoms with van der Waals surface area (Å²) < 4.78 is 1.94. The molecule has 0 atom stereocenters. The van der Waals surface area contributed by atoms with Gasteiger partial charge in [0.2, 0.25) is 0 Å². The molecule has 2 heterocycles. The van der Waals surface area contributed by atoms with Crippen LogP contribution in [0.25, 0.3) is 11.3 Å². The number of piperidine rings is 1. The van der Waals surface area contributed by atoms with Crippen LogP contribution in [0.3, 0.4) is 0 Å². The number of likely N-dealkylation sites (tertiary alicyclic amines) is 1. The van der Waals surface area contributed by atoms with Gasteiger partial charge in [-0.1, -0.05) is 29.8 Å². The largest absolute Gasteiger partial charge is 0.301 e. The van der Waals surface area contributed by atoms with Gasteiger partial charge in [0.15, 0.2) is 0 Å². The normalized spacial score (nSPS) is 16.6. The van der Waals surface area contributed by atoms with Crippen LogP contribution in [0.15, 0.2) is 30.5 Å². The highest BCUT2D eigenvalue weighted by Gasteiger charge is 2.10. The van der Waals surface area contributed by atoms with E-state index in [0.717, 1.165) is 24.3 Å². The molecule has 0 bridgehead atoms. The molecule has 2 aromatic rings. The van der Waals surface area contributed by atoms with Gasteiger partial charge in [0.1, 0.15) is 5.69 Å². The minimum atomic E-state index is 0.920. The summed E-state index contributed by atoms with van der Waals surface area (Å²) in [5, 5.41) is 8.43. The number of nitrogens with zero attached hydrogens (tertiary/aromatic N) is 4. The predicted octanol–water partition coefficient (Wildman–Crippen LogP) is 2.23. The Morgan fingerprint density at radius 1 is 1.16 bits per heavy atom. The first-order valence-electron chi connectivity index (χ1n) is 7.01. The first-order chi connectivity index (χ1) is 9.42. The third-order valence-electron chi connectivity index (χ3n) is 3.64. The molecule has 4 heteroatoms. The standard InChI is InChI=1S/C15H19N4/c1-3-7-14(8-4-1)15-13-19(17-16-15)12-11-18-9-5-2-6-10-18/h1,3,7-8,13H,2,5-6,9-12H2. The predicted molar refractivity (Wildman–Crippen MR) is 74.6 cm³/mol. The second-order valence-electron chi connectivity index (χ2n) is 5.06.